The van der Waals surface area contributed by atoms with Crippen molar-refractivity contribution in [2.45, 2.75) is 51.7 Å². The largest absolute Gasteiger partial charge is 0.476 e. The Balaban J connectivity index is 2.18. The highest BCUT2D eigenvalue weighted by Gasteiger charge is 2.34. The number of hydrogen-bond donors (Lipinski definition) is 1. The summed E-state index contributed by atoms with van der Waals surface area (Å²) < 4.78 is 10.5. The minimum atomic E-state index is -1.15. The molecular formula is C14H20N2O5. The maximum absolute atomic E-state index is 12.3. The number of carbonyl (C=O) groups is 2. The molecule has 1 aromatic heterocycles. The number of hydrogen-bond acceptors (Lipinski definition) is 5. The van der Waals surface area contributed by atoms with Crippen molar-refractivity contribution in [1.82, 2.24) is 10.1 Å². The molecule has 1 amide bonds. The predicted octanol–water partition coefficient (Wildman–Crippen LogP) is 2.83. The second-order valence-electron chi connectivity index (χ2n) is 6.10. The minimum Gasteiger partial charge on any atom is -0.476 e. The molecule has 0 spiro atoms. The first-order valence-corrected chi connectivity index (χ1v) is 6.97. The number of aromatic carboxylic acids is 1. The molecule has 1 N–H and O–H groups in total. The lowest BCUT2D eigenvalue weighted by Crippen LogP contribution is -2.41. The summed E-state index contributed by atoms with van der Waals surface area (Å²) in [6, 6.07) is 1.05. The number of carboxylic acids is 1. The number of piperidine rings is 1. The van der Waals surface area contributed by atoms with Crippen LogP contribution in [0.15, 0.2) is 10.6 Å². The molecule has 7 nitrogen and oxygen atoms in total. The van der Waals surface area contributed by atoms with E-state index in [1.165, 1.54) is 6.07 Å². The molecule has 116 valence electrons. The fourth-order valence-corrected chi connectivity index (χ4v) is 2.31. The zero-order valence-electron chi connectivity index (χ0n) is 12.5. The van der Waals surface area contributed by atoms with Gasteiger partial charge in [-0.05, 0) is 40.0 Å². The summed E-state index contributed by atoms with van der Waals surface area (Å²) in [4.78, 5) is 24.7. The fraction of sp³-hybridized carbons (Fsp3) is 0.643. The van der Waals surface area contributed by atoms with Crippen LogP contribution >= 0.6 is 0 Å². The van der Waals surface area contributed by atoms with Crippen molar-refractivity contribution in [1.29, 1.82) is 0 Å². The van der Waals surface area contributed by atoms with E-state index < -0.39 is 17.7 Å². The molecule has 0 aromatic carbocycles. The summed E-state index contributed by atoms with van der Waals surface area (Å²) in [6.07, 6.45) is 2.11. The average Bonchev–Trinajstić information content (AvgIpc) is 2.86. The first-order valence-electron chi connectivity index (χ1n) is 6.97. The topological polar surface area (TPSA) is 92.9 Å². The van der Waals surface area contributed by atoms with Crippen LogP contribution in [0, 0.1) is 0 Å². The van der Waals surface area contributed by atoms with Gasteiger partial charge >= 0.3 is 12.1 Å². The van der Waals surface area contributed by atoms with Crippen molar-refractivity contribution in [3.05, 3.63) is 17.5 Å². The van der Waals surface area contributed by atoms with Crippen molar-refractivity contribution in [2.24, 2.45) is 0 Å². The second kappa shape index (κ2) is 5.75. The highest BCUT2D eigenvalue weighted by atomic mass is 16.6. The van der Waals surface area contributed by atoms with Crippen LogP contribution in [0.3, 0.4) is 0 Å². The Labute approximate surface area is 122 Å². The summed E-state index contributed by atoms with van der Waals surface area (Å²) >= 11 is 0. The van der Waals surface area contributed by atoms with Gasteiger partial charge in [0.05, 0.1) is 6.04 Å². The van der Waals surface area contributed by atoms with Crippen LogP contribution in [0.5, 0.6) is 0 Å². The highest BCUT2D eigenvalue weighted by molar-refractivity contribution is 5.85. The molecule has 21 heavy (non-hydrogen) atoms. The first-order chi connectivity index (χ1) is 9.78. The Bertz CT molecular complexity index is 532. The van der Waals surface area contributed by atoms with Crippen LogP contribution in [0.4, 0.5) is 4.79 Å². The van der Waals surface area contributed by atoms with Gasteiger partial charge in [-0.1, -0.05) is 5.16 Å². The molecule has 1 saturated heterocycles. The van der Waals surface area contributed by atoms with E-state index in [0.717, 1.165) is 12.8 Å². The van der Waals surface area contributed by atoms with Gasteiger partial charge in [0, 0.05) is 12.6 Å². The van der Waals surface area contributed by atoms with Crippen LogP contribution < -0.4 is 0 Å². The lowest BCUT2D eigenvalue weighted by atomic mass is 10.0. The Kier molecular flexibility index (Phi) is 4.20. The number of carbonyl (C=O) groups excluding carboxylic acids is 1. The number of amides is 1. The molecule has 2 heterocycles. The lowest BCUT2D eigenvalue weighted by Gasteiger charge is -2.35. The zero-order valence-corrected chi connectivity index (χ0v) is 12.5. The predicted molar refractivity (Wildman–Crippen MR) is 73.0 cm³/mol. The Morgan fingerprint density at radius 1 is 1.43 bits per heavy atom. The van der Waals surface area contributed by atoms with Crippen molar-refractivity contribution in [3.63, 3.8) is 0 Å². The average molecular weight is 296 g/mol. The van der Waals surface area contributed by atoms with E-state index in [-0.39, 0.29) is 11.7 Å². The molecule has 0 saturated carbocycles. The molecule has 1 fully saturated rings. The number of aromatic nitrogens is 1. The molecule has 1 aliphatic rings. The number of ether oxygens (including phenoxy) is 1. The maximum atomic E-state index is 12.3. The standard InChI is InChI=1S/C14H20N2O5/c1-14(2,3)20-13(19)16-7-5-4-6-10(16)11-8-9(12(17)18)15-21-11/h8,10H,4-7H2,1-3H3,(H,17,18). The van der Waals surface area contributed by atoms with Crippen molar-refractivity contribution >= 4 is 12.1 Å². The van der Waals surface area contributed by atoms with E-state index in [9.17, 15) is 9.59 Å². The van der Waals surface area contributed by atoms with Crippen molar-refractivity contribution < 1.29 is 24.0 Å². The molecule has 1 atom stereocenters. The van der Waals surface area contributed by atoms with Crippen LogP contribution in [0.2, 0.25) is 0 Å². The normalized spacial score (nSPS) is 19.4. The van der Waals surface area contributed by atoms with Crippen LogP contribution in [0.25, 0.3) is 0 Å². The SMILES string of the molecule is CC(C)(C)OC(=O)N1CCCCC1c1cc(C(=O)O)no1. The second-order valence-corrected chi connectivity index (χ2v) is 6.10. The minimum absolute atomic E-state index is 0.153. The van der Waals surface area contributed by atoms with Crippen LogP contribution in [-0.4, -0.2) is 39.4 Å². The van der Waals surface area contributed by atoms with Crippen molar-refractivity contribution in [2.75, 3.05) is 6.54 Å². The summed E-state index contributed by atoms with van der Waals surface area (Å²) in [7, 11) is 0. The molecule has 1 aromatic rings. The summed E-state index contributed by atoms with van der Waals surface area (Å²) in [6.45, 7) is 5.98. The molecule has 0 radical (unpaired) electrons. The molecule has 1 aliphatic heterocycles. The third-order valence-corrected chi connectivity index (χ3v) is 3.21. The van der Waals surface area contributed by atoms with Gasteiger partial charge in [-0.3, -0.25) is 4.90 Å². The van der Waals surface area contributed by atoms with Gasteiger partial charge < -0.3 is 14.4 Å². The fourth-order valence-electron chi connectivity index (χ4n) is 2.31. The third kappa shape index (κ3) is 3.74. The Morgan fingerprint density at radius 3 is 2.71 bits per heavy atom. The molecule has 0 bridgehead atoms. The van der Waals surface area contributed by atoms with Gasteiger partial charge in [-0.25, -0.2) is 9.59 Å². The van der Waals surface area contributed by atoms with E-state index in [1.807, 2.05) is 0 Å². The summed E-state index contributed by atoms with van der Waals surface area (Å²) in [5.41, 5.74) is -0.730. The number of likely N-dealkylation sites (tertiary alicyclic amines) is 1. The molecule has 1 unspecified atom stereocenters. The van der Waals surface area contributed by atoms with E-state index in [2.05, 4.69) is 5.16 Å². The van der Waals surface area contributed by atoms with E-state index in [0.29, 0.717) is 18.7 Å². The molecular weight excluding hydrogens is 276 g/mol. The number of carboxylic acid groups (broad SMARTS) is 1. The monoisotopic (exact) mass is 296 g/mol. The van der Waals surface area contributed by atoms with Gasteiger partial charge in [-0.15, -0.1) is 0 Å². The van der Waals surface area contributed by atoms with Crippen LogP contribution in [-0.2, 0) is 4.74 Å². The summed E-state index contributed by atoms with van der Waals surface area (Å²) in [5.74, 6) is -0.761. The molecule has 2 rings (SSSR count). The van der Waals surface area contributed by atoms with Gasteiger partial charge in [0.25, 0.3) is 0 Å². The molecule has 0 aliphatic carbocycles. The van der Waals surface area contributed by atoms with Gasteiger partial charge in [0.15, 0.2) is 11.5 Å². The van der Waals surface area contributed by atoms with E-state index in [4.69, 9.17) is 14.4 Å². The zero-order chi connectivity index (χ0) is 15.6. The highest BCUT2D eigenvalue weighted by Crippen LogP contribution is 2.32. The Morgan fingerprint density at radius 2 is 2.14 bits per heavy atom. The van der Waals surface area contributed by atoms with Gasteiger partial charge in [0.2, 0.25) is 0 Å². The van der Waals surface area contributed by atoms with Gasteiger partial charge in [0.1, 0.15) is 5.60 Å². The lowest BCUT2D eigenvalue weighted by molar-refractivity contribution is 0.00608. The maximum Gasteiger partial charge on any atom is 0.410 e. The quantitative estimate of drug-likeness (QED) is 0.902. The molecule has 7 heteroatoms. The smallest absolute Gasteiger partial charge is 0.410 e. The summed E-state index contributed by atoms with van der Waals surface area (Å²) in [5, 5.41) is 12.4. The first kappa shape index (κ1) is 15.3. The third-order valence-electron chi connectivity index (χ3n) is 3.21. The van der Waals surface area contributed by atoms with Crippen molar-refractivity contribution in [3.8, 4) is 0 Å². The number of nitrogens with zero attached hydrogens (tertiary/aromatic N) is 2. The number of rotatable bonds is 2. The van der Waals surface area contributed by atoms with Gasteiger partial charge in [-0.2, -0.15) is 0 Å². The Hall–Kier alpha value is -2.05. The van der Waals surface area contributed by atoms with E-state index >= 15 is 0 Å². The van der Waals surface area contributed by atoms with Crippen LogP contribution in [0.1, 0.15) is 62.3 Å². The van der Waals surface area contributed by atoms with E-state index in [1.54, 1.807) is 25.7 Å².